The van der Waals surface area contributed by atoms with E-state index in [-0.39, 0.29) is 17.9 Å². The van der Waals surface area contributed by atoms with Gasteiger partial charge < -0.3 is 5.32 Å². The maximum atomic E-state index is 13.1. The van der Waals surface area contributed by atoms with Gasteiger partial charge in [0.1, 0.15) is 18.4 Å². The molecular formula is C20H25N5O3. The van der Waals surface area contributed by atoms with Crippen molar-refractivity contribution in [3.63, 3.8) is 0 Å². The van der Waals surface area contributed by atoms with Crippen LogP contribution in [0, 0.1) is 11.3 Å². The average Bonchev–Trinajstić information content (AvgIpc) is 3.08. The quantitative estimate of drug-likeness (QED) is 0.795. The number of rotatable bonds is 3. The van der Waals surface area contributed by atoms with Gasteiger partial charge in [0, 0.05) is 0 Å². The number of urea groups is 1. The Morgan fingerprint density at radius 3 is 2.79 bits per heavy atom. The van der Waals surface area contributed by atoms with Crippen molar-refractivity contribution in [3.05, 3.63) is 30.6 Å². The number of aromatic nitrogens is 2. The Balaban J connectivity index is 1.49. The van der Waals surface area contributed by atoms with Gasteiger partial charge in [-0.25, -0.2) is 14.5 Å². The van der Waals surface area contributed by atoms with Crippen molar-refractivity contribution in [1.29, 1.82) is 0 Å². The SMILES string of the molecule is CC1CC(C)(C)CC2(C1)NC(=O)N(CC(=O)Nn1cnc3ccccc31)C2=O. The van der Waals surface area contributed by atoms with E-state index < -0.39 is 17.5 Å². The number of nitrogens with zero attached hydrogens (tertiary/aromatic N) is 3. The third-order valence-corrected chi connectivity index (χ3v) is 5.62. The van der Waals surface area contributed by atoms with E-state index in [0.29, 0.717) is 18.8 Å². The molecule has 0 bridgehead atoms. The molecule has 148 valence electrons. The number of imidazole rings is 1. The van der Waals surface area contributed by atoms with Crippen LogP contribution in [0.1, 0.15) is 40.0 Å². The lowest BCUT2D eigenvalue weighted by Gasteiger charge is -2.43. The van der Waals surface area contributed by atoms with Gasteiger partial charge in [-0.2, -0.15) is 0 Å². The second kappa shape index (κ2) is 6.32. The maximum absolute atomic E-state index is 13.1. The third-order valence-electron chi connectivity index (χ3n) is 5.62. The van der Waals surface area contributed by atoms with Gasteiger partial charge in [-0.3, -0.25) is 19.9 Å². The highest BCUT2D eigenvalue weighted by Gasteiger charge is 2.56. The smallest absolute Gasteiger partial charge is 0.323 e. The molecular weight excluding hydrogens is 358 g/mol. The summed E-state index contributed by atoms with van der Waals surface area (Å²) in [6, 6.07) is 6.88. The van der Waals surface area contributed by atoms with Crippen LogP contribution in [0.5, 0.6) is 0 Å². The molecule has 1 spiro atoms. The monoisotopic (exact) mass is 383 g/mol. The lowest BCUT2D eigenvalue weighted by atomic mass is 9.64. The molecule has 8 nitrogen and oxygen atoms in total. The van der Waals surface area contributed by atoms with Crippen LogP contribution in [-0.4, -0.2) is 44.5 Å². The number of nitrogens with one attached hydrogen (secondary N) is 2. The fourth-order valence-corrected chi connectivity index (χ4v) is 5.01. The molecule has 1 aliphatic heterocycles. The number of carbonyl (C=O) groups is 3. The number of amides is 4. The summed E-state index contributed by atoms with van der Waals surface area (Å²) >= 11 is 0. The zero-order valence-electron chi connectivity index (χ0n) is 16.4. The average molecular weight is 383 g/mol. The largest absolute Gasteiger partial charge is 0.325 e. The van der Waals surface area contributed by atoms with Gasteiger partial charge in [0.25, 0.3) is 11.8 Å². The summed E-state index contributed by atoms with van der Waals surface area (Å²) in [5, 5.41) is 2.89. The lowest BCUT2D eigenvalue weighted by molar-refractivity contribution is -0.136. The third kappa shape index (κ3) is 3.12. The van der Waals surface area contributed by atoms with Crippen LogP contribution in [0.25, 0.3) is 11.0 Å². The molecule has 2 unspecified atom stereocenters. The molecule has 2 heterocycles. The van der Waals surface area contributed by atoms with Crippen molar-refractivity contribution in [2.24, 2.45) is 11.3 Å². The minimum absolute atomic E-state index is 0.0470. The van der Waals surface area contributed by atoms with E-state index in [1.165, 1.54) is 11.0 Å². The van der Waals surface area contributed by atoms with Crippen molar-refractivity contribution in [2.45, 2.75) is 45.6 Å². The molecule has 2 fully saturated rings. The number of fused-ring (bicyclic) bond motifs is 1. The molecule has 2 aromatic rings. The number of imide groups is 1. The Morgan fingerprint density at radius 2 is 2.04 bits per heavy atom. The molecule has 1 saturated heterocycles. The molecule has 4 rings (SSSR count). The highest BCUT2D eigenvalue weighted by atomic mass is 16.2. The summed E-state index contributed by atoms with van der Waals surface area (Å²) in [5.41, 5.74) is 3.23. The second-order valence-electron chi connectivity index (χ2n) is 8.90. The van der Waals surface area contributed by atoms with Gasteiger partial charge in [-0.15, -0.1) is 0 Å². The molecule has 1 aliphatic carbocycles. The Labute approximate surface area is 163 Å². The van der Waals surface area contributed by atoms with E-state index in [4.69, 9.17) is 0 Å². The van der Waals surface area contributed by atoms with Crippen LogP contribution in [0.2, 0.25) is 0 Å². The Hall–Kier alpha value is -2.90. The number of carbonyl (C=O) groups excluding carboxylic acids is 3. The molecule has 1 saturated carbocycles. The van der Waals surface area contributed by atoms with E-state index in [2.05, 4.69) is 36.5 Å². The highest BCUT2D eigenvalue weighted by Crippen LogP contribution is 2.46. The topological polar surface area (TPSA) is 96.3 Å². The first-order chi connectivity index (χ1) is 13.2. The summed E-state index contributed by atoms with van der Waals surface area (Å²) in [4.78, 5) is 43.4. The van der Waals surface area contributed by atoms with Crippen molar-refractivity contribution in [3.8, 4) is 0 Å². The zero-order chi connectivity index (χ0) is 20.1. The Morgan fingerprint density at radius 1 is 1.29 bits per heavy atom. The molecule has 1 aromatic heterocycles. The first-order valence-electron chi connectivity index (χ1n) is 9.55. The van der Waals surface area contributed by atoms with Gasteiger partial charge >= 0.3 is 6.03 Å². The van der Waals surface area contributed by atoms with E-state index in [0.717, 1.165) is 22.4 Å². The number of hydrogen-bond donors (Lipinski definition) is 2. The molecule has 2 atom stereocenters. The van der Waals surface area contributed by atoms with Crippen LogP contribution < -0.4 is 10.7 Å². The van der Waals surface area contributed by atoms with Crippen LogP contribution in [0.15, 0.2) is 30.6 Å². The van der Waals surface area contributed by atoms with Crippen LogP contribution >= 0.6 is 0 Å². The van der Waals surface area contributed by atoms with Gasteiger partial charge in [0.15, 0.2) is 0 Å². The van der Waals surface area contributed by atoms with E-state index >= 15 is 0 Å². The second-order valence-corrected chi connectivity index (χ2v) is 8.90. The van der Waals surface area contributed by atoms with E-state index in [9.17, 15) is 14.4 Å². The fourth-order valence-electron chi connectivity index (χ4n) is 5.01. The first-order valence-corrected chi connectivity index (χ1v) is 9.55. The van der Waals surface area contributed by atoms with E-state index in [1.54, 1.807) is 0 Å². The fraction of sp³-hybridized carbons (Fsp3) is 0.500. The predicted molar refractivity (Wildman–Crippen MR) is 104 cm³/mol. The van der Waals surface area contributed by atoms with Gasteiger partial charge in [-0.1, -0.05) is 32.9 Å². The molecule has 2 aliphatic rings. The van der Waals surface area contributed by atoms with Crippen molar-refractivity contribution >= 4 is 28.9 Å². The standard InChI is InChI=1S/C20H25N5O3/c1-13-8-19(2,3)11-20(9-13)17(27)24(18(28)22-20)10-16(26)23-25-12-21-14-6-4-5-7-15(14)25/h4-7,12-13H,8-11H2,1-3H3,(H,22,28)(H,23,26). The minimum atomic E-state index is -0.903. The number of para-hydroxylation sites is 2. The van der Waals surface area contributed by atoms with Gasteiger partial charge in [0.05, 0.1) is 11.0 Å². The summed E-state index contributed by atoms with van der Waals surface area (Å²) < 4.78 is 1.50. The Kier molecular flexibility index (Phi) is 4.17. The minimum Gasteiger partial charge on any atom is -0.323 e. The summed E-state index contributed by atoms with van der Waals surface area (Å²) in [6.07, 6.45) is 3.69. The van der Waals surface area contributed by atoms with Crippen molar-refractivity contribution < 1.29 is 14.4 Å². The van der Waals surface area contributed by atoms with Crippen LogP contribution in [0.3, 0.4) is 0 Å². The predicted octanol–water partition coefficient (Wildman–Crippen LogP) is 2.24. The van der Waals surface area contributed by atoms with Gasteiger partial charge in [-0.05, 0) is 42.7 Å². The molecule has 2 N–H and O–H groups in total. The zero-order valence-corrected chi connectivity index (χ0v) is 16.4. The van der Waals surface area contributed by atoms with Gasteiger partial charge in [0.2, 0.25) is 0 Å². The molecule has 4 amide bonds. The summed E-state index contributed by atoms with van der Waals surface area (Å²) in [7, 11) is 0. The van der Waals surface area contributed by atoms with E-state index in [1.807, 2.05) is 24.3 Å². The number of benzene rings is 1. The van der Waals surface area contributed by atoms with Crippen LogP contribution in [0.4, 0.5) is 4.79 Å². The van der Waals surface area contributed by atoms with Crippen molar-refractivity contribution in [2.75, 3.05) is 12.0 Å². The normalized spacial score (nSPS) is 26.7. The van der Waals surface area contributed by atoms with Crippen molar-refractivity contribution in [1.82, 2.24) is 19.9 Å². The first kappa shape index (κ1) is 18.5. The molecule has 0 radical (unpaired) electrons. The molecule has 28 heavy (non-hydrogen) atoms. The maximum Gasteiger partial charge on any atom is 0.325 e. The molecule has 1 aromatic carbocycles. The summed E-state index contributed by atoms with van der Waals surface area (Å²) in [6.45, 7) is 6.00. The lowest BCUT2D eigenvalue weighted by Crippen LogP contribution is -2.54. The molecule has 8 heteroatoms. The highest BCUT2D eigenvalue weighted by molar-refractivity contribution is 6.09. The summed E-state index contributed by atoms with van der Waals surface area (Å²) in [5.74, 6) is -0.436. The number of hydrogen-bond acceptors (Lipinski definition) is 4. The van der Waals surface area contributed by atoms with Crippen LogP contribution in [-0.2, 0) is 9.59 Å². The Bertz CT molecular complexity index is 966.